The van der Waals surface area contributed by atoms with E-state index in [2.05, 4.69) is 25.8 Å². The molecule has 0 atom stereocenters. The third-order valence-corrected chi connectivity index (χ3v) is 2.40. The molecule has 0 fully saturated rings. The van der Waals surface area contributed by atoms with Gasteiger partial charge in [0, 0.05) is 4.47 Å². The van der Waals surface area contributed by atoms with Crippen molar-refractivity contribution in [1.29, 1.82) is 0 Å². The lowest BCUT2D eigenvalue weighted by atomic mass is 10.2. The van der Waals surface area contributed by atoms with Gasteiger partial charge in [-0.1, -0.05) is 22.0 Å². The van der Waals surface area contributed by atoms with Gasteiger partial charge in [0.25, 0.3) is 0 Å². The lowest BCUT2D eigenvalue weighted by molar-refractivity contribution is 1.42. The first-order chi connectivity index (χ1) is 6.70. The maximum atomic E-state index is 6.90. The van der Waals surface area contributed by atoms with E-state index in [0.717, 1.165) is 15.4 Å². The SMILES string of the molecule is [C-]#[N+]c1cc2ccc(Br)cc2nc1N. The number of nitrogen functional groups attached to an aromatic ring is 1. The molecular formula is C10H6BrN3. The van der Waals surface area contributed by atoms with Crippen LogP contribution in [-0.2, 0) is 0 Å². The van der Waals surface area contributed by atoms with Gasteiger partial charge in [0.15, 0.2) is 0 Å². The topological polar surface area (TPSA) is 43.3 Å². The summed E-state index contributed by atoms with van der Waals surface area (Å²) in [6.07, 6.45) is 0. The van der Waals surface area contributed by atoms with Crippen LogP contribution in [0, 0.1) is 6.57 Å². The molecule has 2 N–H and O–H groups in total. The average Bonchev–Trinajstić information content (AvgIpc) is 2.16. The van der Waals surface area contributed by atoms with Crippen LogP contribution in [0.15, 0.2) is 28.7 Å². The zero-order chi connectivity index (χ0) is 10.1. The summed E-state index contributed by atoms with van der Waals surface area (Å²) in [5.74, 6) is 0.283. The molecule has 0 saturated carbocycles. The number of pyridine rings is 1. The molecule has 0 aliphatic heterocycles. The molecule has 0 saturated heterocycles. The Morgan fingerprint density at radius 2 is 2.14 bits per heavy atom. The van der Waals surface area contributed by atoms with Crippen LogP contribution in [0.3, 0.4) is 0 Å². The highest BCUT2D eigenvalue weighted by Gasteiger charge is 2.03. The highest BCUT2D eigenvalue weighted by molar-refractivity contribution is 9.10. The smallest absolute Gasteiger partial charge is 0.228 e. The van der Waals surface area contributed by atoms with Crippen molar-refractivity contribution in [3.8, 4) is 0 Å². The first-order valence-electron chi connectivity index (χ1n) is 3.94. The van der Waals surface area contributed by atoms with E-state index in [-0.39, 0.29) is 5.82 Å². The third-order valence-electron chi connectivity index (χ3n) is 1.91. The molecule has 0 bridgehead atoms. The number of hydrogen-bond donors (Lipinski definition) is 1. The number of aromatic nitrogens is 1. The van der Waals surface area contributed by atoms with Crippen molar-refractivity contribution in [2.45, 2.75) is 0 Å². The van der Waals surface area contributed by atoms with Gasteiger partial charge in [0.2, 0.25) is 5.69 Å². The fraction of sp³-hybridized carbons (Fsp3) is 0. The number of nitrogens with two attached hydrogens (primary N) is 1. The minimum Gasteiger partial charge on any atom is -0.392 e. The molecule has 68 valence electrons. The van der Waals surface area contributed by atoms with Gasteiger partial charge in [-0.25, -0.2) is 9.83 Å². The van der Waals surface area contributed by atoms with Crippen molar-refractivity contribution in [2.75, 3.05) is 5.73 Å². The van der Waals surface area contributed by atoms with Crippen LogP contribution in [0.1, 0.15) is 0 Å². The zero-order valence-electron chi connectivity index (χ0n) is 7.16. The normalized spacial score (nSPS) is 10.0. The van der Waals surface area contributed by atoms with Gasteiger partial charge < -0.3 is 5.73 Å². The summed E-state index contributed by atoms with van der Waals surface area (Å²) < 4.78 is 0.951. The molecule has 0 aliphatic carbocycles. The third kappa shape index (κ3) is 1.42. The van der Waals surface area contributed by atoms with Crippen molar-refractivity contribution in [3.63, 3.8) is 0 Å². The highest BCUT2D eigenvalue weighted by atomic mass is 79.9. The Morgan fingerprint density at radius 1 is 1.36 bits per heavy atom. The second-order valence-corrected chi connectivity index (χ2v) is 3.76. The Morgan fingerprint density at radius 3 is 2.86 bits per heavy atom. The number of hydrogen-bond acceptors (Lipinski definition) is 2. The Kier molecular flexibility index (Phi) is 2.10. The van der Waals surface area contributed by atoms with E-state index < -0.39 is 0 Å². The molecule has 3 nitrogen and oxygen atoms in total. The lowest BCUT2D eigenvalue weighted by Gasteiger charge is -2.01. The summed E-state index contributed by atoms with van der Waals surface area (Å²) in [6.45, 7) is 6.90. The molecule has 1 aromatic carbocycles. The number of nitrogens with zero attached hydrogens (tertiary/aromatic N) is 2. The summed E-state index contributed by atoms with van der Waals surface area (Å²) in [7, 11) is 0. The van der Waals surface area contributed by atoms with Gasteiger partial charge in [0.1, 0.15) is 5.82 Å². The van der Waals surface area contributed by atoms with Crippen molar-refractivity contribution in [1.82, 2.24) is 4.98 Å². The number of fused-ring (bicyclic) bond motifs is 1. The standard InChI is InChI=1S/C10H6BrN3/c1-13-9-4-6-2-3-7(11)5-8(6)14-10(9)12/h2-5H,(H2,12,14). The van der Waals surface area contributed by atoms with Crippen molar-refractivity contribution >= 4 is 38.3 Å². The van der Waals surface area contributed by atoms with E-state index in [4.69, 9.17) is 12.3 Å². The molecule has 0 amide bonds. The molecule has 2 aromatic rings. The summed E-state index contributed by atoms with van der Waals surface area (Å²) >= 11 is 3.35. The van der Waals surface area contributed by atoms with Crippen LogP contribution in [0.4, 0.5) is 11.5 Å². The summed E-state index contributed by atoms with van der Waals surface area (Å²) in [5, 5.41) is 0.924. The van der Waals surface area contributed by atoms with E-state index in [1.807, 2.05) is 18.2 Å². The summed E-state index contributed by atoms with van der Waals surface area (Å²) in [5.41, 5.74) is 6.81. The van der Waals surface area contributed by atoms with E-state index in [9.17, 15) is 0 Å². The first-order valence-corrected chi connectivity index (χ1v) is 4.73. The van der Waals surface area contributed by atoms with Crippen LogP contribution >= 0.6 is 15.9 Å². The minimum absolute atomic E-state index is 0.283. The van der Waals surface area contributed by atoms with Crippen LogP contribution < -0.4 is 5.73 Å². The average molecular weight is 248 g/mol. The van der Waals surface area contributed by atoms with Gasteiger partial charge in [-0.2, -0.15) is 0 Å². The predicted octanol–water partition coefficient (Wildman–Crippen LogP) is 3.13. The molecular weight excluding hydrogens is 242 g/mol. The van der Waals surface area contributed by atoms with E-state index >= 15 is 0 Å². The number of halogens is 1. The van der Waals surface area contributed by atoms with Crippen LogP contribution in [0.5, 0.6) is 0 Å². The summed E-state index contributed by atoms with van der Waals surface area (Å²) in [4.78, 5) is 7.43. The number of rotatable bonds is 0. The second-order valence-electron chi connectivity index (χ2n) is 2.84. The van der Waals surface area contributed by atoms with E-state index in [0.29, 0.717) is 5.69 Å². The first kappa shape index (κ1) is 8.97. The highest BCUT2D eigenvalue weighted by Crippen LogP contribution is 2.26. The Hall–Kier alpha value is -1.60. The fourth-order valence-corrected chi connectivity index (χ4v) is 1.58. The van der Waals surface area contributed by atoms with Gasteiger partial charge in [-0.3, -0.25) is 0 Å². The predicted molar refractivity (Wildman–Crippen MR) is 60.1 cm³/mol. The van der Waals surface area contributed by atoms with Crippen LogP contribution in [0.25, 0.3) is 15.7 Å². The van der Waals surface area contributed by atoms with E-state index in [1.165, 1.54) is 0 Å². The van der Waals surface area contributed by atoms with Gasteiger partial charge >= 0.3 is 0 Å². The Bertz CT molecular complexity index is 543. The maximum Gasteiger partial charge on any atom is 0.228 e. The molecule has 1 heterocycles. The summed E-state index contributed by atoms with van der Waals surface area (Å²) in [6, 6.07) is 7.44. The molecule has 2 rings (SSSR count). The quantitative estimate of drug-likeness (QED) is 0.728. The molecule has 1 aromatic heterocycles. The minimum atomic E-state index is 0.283. The van der Waals surface area contributed by atoms with Gasteiger partial charge in [-0.15, -0.1) is 0 Å². The number of benzene rings is 1. The zero-order valence-corrected chi connectivity index (χ0v) is 8.75. The van der Waals surface area contributed by atoms with E-state index in [1.54, 1.807) is 6.07 Å². The molecule has 0 spiro atoms. The Labute approximate surface area is 89.5 Å². The van der Waals surface area contributed by atoms with Crippen molar-refractivity contribution < 1.29 is 0 Å². The largest absolute Gasteiger partial charge is 0.392 e. The monoisotopic (exact) mass is 247 g/mol. The van der Waals surface area contributed by atoms with Crippen molar-refractivity contribution in [3.05, 3.63) is 40.2 Å². The Balaban J connectivity index is 2.81. The number of anilines is 1. The van der Waals surface area contributed by atoms with Crippen molar-refractivity contribution in [2.24, 2.45) is 0 Å². The second kappa shape index (κ2) is 3.28. The van der Waals surface area contributed by atoms with Crippen LogP contribution in [0.2, 0.25) is 0 Å². The molecule has 0 unspecified atom stereocenters. The maximum absolute atomic E-state index is 6.90. The molecule has 14 heavy (non-hydrogen) atoms. The molecule has 4 heteroatoms. The lowest BCUT2D eigenvalue weighted by Crippen LogP contribution is -1.90. The fourth-order valence-electron chi connectivity index (χ4n) is 1.23. The van der Waals surface area contributed by atoms with Gasteiger partial charge in [0.05, 0.1) is 12.1 Å². The van der Waals surface area contributed by atoms with Gasteiger partial charge in [-0.05, 0) is 23.6 Å². The molecule has 0 aliphatic rings. The van der Waals surface area contributed by atoms with Crippen LogP contribution in [-0.4, -0.2) is 4.98 Å². The molecule has 0 radical (unpaired) electrons.